The third-order valence-electron chi connectivity index (χ3n) is 2.43. The van der Waals surface area contributed by atoms with Crippen LogP contribution in [0.4, 0.5) is 10.1 Å². The van der Waals surface area contributed by atoms with Crippen LogP contribution < -0.4 is 10.5 Å². The molecule has 1 heterocycles. The van der Waals surface area contributed by atoms with Gasteiger partial charge in [-0.2, -0.15) is 0 Å². The van der Waals surface area contributed by atoms with E-state index in [1.807, 2.05) is 24.3 Å². The molecule has 0 aliphatic heterocycles. The van der Waals surface area contributed by atoms with Gasteiger partial charge in [-0.3, -0.25) is 0 Å². The van der Waals surface area contributed by atoms with Gasteiger partial charge in [-0.25, -0.2) is 9.37 Å². The van der Waals surface area contributed by atoms with Crippen molar-refractivity contribution >= 4 is 27.2 Å². The Morgan fingerprint density at radius 3 is 2.78 bits per heavy atom. The Bertz CT molecular complexity index is 678. The fourth-order valence-electron chi connectivity index (χ4n) is 1.59. The molecule has 0 amide bonds. The number of benzene rings is 2. The quantitative estimate of drug-likeness (QED) is 0.713. The second kappa shape index (κ2) is 4.27. The fourth-order valence-corrected chi connectivity index (χ4v) is 2.42. The molecule has 3 aromatic rings. The molecular formula is C13H9FN2OS. The standard InChI is InChI=1S/C13H9FN2OS/c14-9-7-8(15)5-6-11(9)17-13-16-10-3-1-2-4-12(10)18-13/h1-7H,15H2. The molecule has 2 N–H and O–H groups in total. The topological polar surface area (TPSA) is 48.1 Å². The lowest BCUT2D eigenvalue weighted by atomic mass is 10.3. The molecule has 0 radical (unpaired) electrons. The molecular weight excluding hydrogens is 251 g/mol. The highest BCUT2D eigenvalue weighted by Crippen LogP contribution is 2.32. The number of nitrogens with zero attached hydrogens (tertiary/aromatic N) is 1. The molecule has 90 valence electrons. The van der Waals surface area contributed by atoms with E-state index in [1.54, 1.807) is 6.07 Å². The van der Waals surface area contributed by atoms with Gasteiger partial charge >= 0.3 is 0 Å². The van der Waals surface area contributed by atoms with E-state index in [9.17, 15) is 4.39 Å². The summed E-state index contributed by atoms with van der Waals surface area (Å²) in [6, 6.07) is 12.0. The van der Waals surface area contributed by atoms with Crippen LogP contribution in [-0.4, -0.2) is 4.98 Å². The van der Waals surface area contributed by atoms with Crippen molar-refractivity contribution in [1.29, 1.82) is 0 Å². The average molecular weight is 260 g/mol. The molecule has 0 spiro atoms. The largest absolute Gasteiger partial charge is 0.428 e. The molecule has 18 heavy (non-hydrogen) atoms. The van der Waals surface area contributed by atoms with Gasteiger partial charge in [0.05, 0.1) is 10.2 Å². The van der Waals surface area contributed by atoms with Gasteiger partial charge in [0.25, 0.3) is 5.19 Å². The van der Waals surface area contributed by atoms with Crippen LogP contribution >= 0.6 is 11.3 Å². The minimum absolute atomic E-state index is 0.128. The monoisotopic (exact) mass is 260 g/mol. The SMILES string of the molecule is Nc1ccc(Oc2nc3ccccc3s2)c(F)c1. The summed E-state index contributed by atoms with van der Waals surface area (Å²) in [6.45, 7) is 0. The van der Waals surface area contributed by atoms with E-state index in [2.05, 4.69) is 4.98 Å². The van der Waals surface area contributed by atoms with E-state index in [0.29, 0.717) is 10.9 Å². The fraction of sp³-hybridized carbons (Fsp3) is 0. The molecule has 0 bridgehead atoms. The van der Waals surface area contributed by atoms with Crippen molar-refractivity contribution in [3.8, 4) is 10.9 Å². The summed E-state index contributed by atoms with van der Waals surface area (Å²) in [5, 5.41) is 0.417. The normalized spacial score (nSPS) is 10.7. The summed E-state index contributed by atoms with van der Waals surface area (Å²) in [5.41, 5.74) is 6.68. The molecule has 0 unspecified atom stereocenters. The third kappa shape index (κ3) is 2.00. The van der Waals surface area contributed by atoms with Crippen molar-refractivity contribution < 1.29 is 9.13 Å². The molecule has 0 atom stereocenters. The smallest absolute Gasteiger partial charge is 0.279 e. The van der Waals surface area contributed by atoms with Crippen LogP contribution in [0, 0.1) is 5.82 Å². The van der Waals surface area contributed by atoms with Crippen LogP contribution in [0.15, 0.2) is 42.5 Å². The Balaban J connectivity index is 1.96. The molecule has 3 rings (SSSR count). The minimum Gasteiger partial charge on any atom is -0.428 e. The number of hydrogen-bond donors (Lipinski definition) is 1. The van der Waals surface area contributed by atoms with E-state index >= 15 is 0 Å². The van der Waals surface area contributed by atoms with Gasteiger partial charge in [0.1, 0.15) is 0 Å². The number of thiazole rings is 1. The van der Waals surface area contributed by atoms with E-state index in [1.165, 1.54) is 23.5 Å². The maximum absolute atomic E-state index is 13.6. The minimum atomic E-state index is -0.491. The molecule has 5 heteroatoms. The van der Waals surface area contributed by atoms with Gasteiger partial charge in [-0.15, -0.1) is 0 Å². The van der Waals surface area contributed by atoms with Gasteiger partial charge in [0, 0.05) is 11.8 Å². The van der Waals surface area contributed by atoms with Crippen LogP contribution in [0.25, 0.3) is 10.2 Å². The molecule has 0 saturated carbocycles. The number of para-hydroxylation sites is 1. The number of anilines is 1. The highest BCUT2D eigenvalue weighted by molar-refractivity contribution is 7.20. The predicted molar refractivity (Wildman–Crippen MR) is 70.5 cm³/mol. The van der Waals surface area contributed by atoms with Crippen molar-refractivity contribution in [3.05, 3.63) is 48.3 Å². The second-order valence-electron chi connectivity index (χ2n) is 3.74. The number of hydrogen-bond acceptors (Lipinski definition) is 4. The van der Waals surface area contributed by atoms with Crippen molar-refractivity contribution in [2.75, 3.05) is 5.73 Å². The number of ether oxygens (including phenoxy) is 1. The molecule has 0 aliphatic carbocycles. The van der Waals surface area contributed by atoms with Crippen LogP contribution in [-0.2, 0) is 0 Å². The molecule has 3 nitrogen and oxygen atoms in total. The predicted octanol–water partition coefficient (Wildman–Crippen LogP) is 3.81. The maximum Gasteiger partial charge on any atom is 0.279 e. The first kappa shape index (κ1) is 11.0. The van der Waals surface area contributed by atoms with Crippen LogP contribution in [0.1, 0.15) is 0 Å². The molecule has 2 aromatic carbocycles. The molecule has 0 saturated heterocycles. The summed E-state index contributed by atoms with van der Waals surface area (Å²) in [5.74, 6) is -0.363. The number of halogens is 1. The maximum atomic E-state index is 13.6. The Hall–Kier alpha value is -2.14. The number of rotatable bonds is 2. The van der Waals surface area contributed by atoms with Crippen LogP contribution in [0.3, 0.4) is 0 Å². The van der Waals surface area contributed by atoms with E-state index in [0.717, 1.165) is 10.2 Å². The number of fused-ring (bicyclic) bond motifs is 1. The zero-order valence-electron chi connectivity index (χ0n) is 9.26. The van der Waals surface area contributed by atoms with Gasteiger partial charge in [0.2, 0.25) is 0 Å². The van der Waals surface area contributed by atoms with Crippen molar-refractivity contribution in [1.82, 2.24) is 4.98 Å². The third-order valence-corrected chi connectivity index (χ3v) is 3.34. The van der Waals surface area contributed by atoms with Crippen molar-refractivity contribution in [3.63, 3.8) is 0 Å². The lowest BCUT2D eigenvalue weighted by Gasteiger charge is -2.03. The zero-order valence-corrected chi connectivity index (χ0v) is 10.1. The lowest BCUT2D eigenvalue weighted by Crippen LogP contribution is -1.90. The highest BCUT2D eigenvalue weighted by atomic mass is 32.1. The number of nitrogen functional groups attached to an aromatic ring is 1. The van der Waals surface area contributed by atoms with Crippen molar-refractivity contribution in [2.45, 2.75) is 0 Å². The average Bonchev–Trinajstić information content (AvgIpc) is 2.75. The second-order valence-corrected chi connectivity index (χ2v) is 4.73. The van der Waals surface area contributed by atoms with Crippen LogP contribution in [0.2, 0.25) is 0 Å². The van der Waals surface area contributed by atoms with E-state index in [4.69, 9.17) is 10.5 Å². The zero-order chi connectivity index (χ0) is 12.5. The van der Waals surface area contributed by atoms with Gasteiger partial charge in [-0.05, 0) is 24.3 Å². The number of nitrogens with two attached hydrogens (primary N) is 1. The number of aromatic nitrogens is 1. The lowest BCUT2D eigenvalue weighted by molar-refractivity contribution is 0.441. The van der Waals surface area contributed by atoms with Gasteiger partial charge < -0.3 is 10.5 Å². The Morgan fingerprint density at radius 2 is 2.00 bits per heavy atom. The van der Waals surface area contributed by atoms with Gasteiger partial charge in [-0.1, -0.05) is 23.5 Å². The van der Waals surface area contributed by atoms with E-state index < -0.39 is 5.82 Å². The molecule has 0 aliphatic rings. The first-order chi connectivity index (χ1) is 8.72. The summed E-state index contributed by atoms with van der Waals surface area (Å²) >= 11 is 1.37. The first-order valence-electron chi connectivity index (χ1n) is 5.31. The van der Waals surface area contributed by atoms with E-state index in [-0.39, 0.29) is 5.75 Å². The summed E-state index contributed by atoms with van der Waals surface area (Å²) < 4.78 is 20.0. The molecule has 0 fully saturated rings. The summed E-state index contributed by atoms with van der Waals surface area (Å²) in [6.07, 6.45) is 0. The summed E-state index contributed by atoms with van der Waals surface area (Å²) in [7, 11) is 0. The van der Waals surface area contributed by atoms with Gasteiger partial charge in [0.15, 0.2) is 11.6 Å². The summed E-state index contributed by atoms with van der Waals surface area (Å²) in [4.78, 5) is 4.27. The van der Waals surface area contributed by atoms with Crippen LogP contribution in [0.5, 0.6) is 10.9 Å². The Kier molecular flexibility index (Phi) is 2.60. The Morgan fingerprint density at radius 1 is 1.17 bits per heavy atom. The first-order valence-corrected chi connectivity index (χ1v) is 6.12. The highest BCUT2D eigenvalue weighted by Gasteiger charge is 2.09. The Labute approximate surface area is 107 Å². The molecule has 1 aromatic heterocycles. The van der Waals surface area contributed by atoms with Crippen molar-refractivity contribution in [2.24, 2.45) is 0 Å².